The van der Waals surface area contributed by atoms with Gasteiger partial charge in [0.1, 0.15) is 5.75 Å². The van der Waals surface area contributed by atoms with Gasteiger partial charge in [0, 0.05) is 30.9 Å². The number of pyridine rings is 1. The average Bonchev–Trinajstić information content (AvgIpc) is 2.69. The fourth-order valence-electron chi connectivity index (χ4n) is 2.89. The molecule has 1 aromatic carbocycles. The number of aromatic nitrogens is 1. The molecule has 1 aliphatic heterocycles. The quantitative estimate of drug-likeness (QED) is 0.430. The van der Waals surface area contributed by atoms with E-state index in [4.69, 9.17) is 0 Å². The highest BCUT2D eigenvalue weighted by Crippen LogP contribution is 2.28. The molecule has 150 valence electrons. The Morgan fingerprint density at radius 1 is 1.17 bits per heavy atom. The standard InChI is InChI=1S/C20H16F3N3O3/c21-20(22,23)29-17-8-6-15(7-9-17)3-1-4-16-10-13-25(14-11-16)19-18(26(27)28)5-2-12-24-19/h2,4-9,12H,10-11,13-14H2. The van der Waals surface area contributed by atoms with Crippen molar-refractivity contribution in [1.82, 2.24) is 4.98 Å². The van der Waals surface area contributed by atoms with Gasteiger partial charge in [-0.3, -0.25) is 10.1 Å². The number of allylic oxidation sites excluding steroid dienone is 1. The van der Waals surface area contributed by atoms with E-state index in [0.29, 0.717) is 37.3 Å². The first-order chi connectivity index (χ1) is 13.8. The summed E-state index contributed by atoms with van der Waals surface area (Å²) < 4.78 is 40.3. The zero-order valence-electron chi connectivity index (χ0n) is 15.1. The second-order valence-corrected chi connectivity index (χ2v) is 6.23. The van der Waals surface area contributed by atoms with Crippen molar-refractivity contribution in [2.75, 3.05) is 18.0 Å². The van der Waals surface area contributed by atoms with Gasteiger partial charge in [0.25, 0.3) is 0 Å². The van der Waals surface area contributed by atoms with E-state index < -0.39 is 11.3 Å². The third-order valence-electron chi connectivity index (χ3n) is 4.25. The topological polar surface area (TPSA) is 68.5 Å². The lowest BCUT2D eigenvalue weighted by molar-refractivity contribution is -0.384. The van der Waals surface area contributed by atoms with Crippen LogP contribution in [0.25, 0.3) is 0 Å². The molecule has 6 nitrogen and oxygen atoms in total. The van der Waals surface area contributed by atoms with Crippen molar-refractivity contribution in [3.63, 3.8) is 0 Å². The predicted molar refractivity (Wildman–Crippen MR) is 100 cm³/mol. The van der Waals surface area contributed by atoms with E-state index in [9.17, 15) is 23.3 Å². The highest BCUT2D eigenvalue weighted by molar-refractivity contribution is 5.58. The summed E-state index contributed by atoms with van der Waals surface area (Å²) in [6.07, 6.45) is -0.0157. The number of hydrogen-bond donors (Lipinski definition) is 0. The zero-order valence-corrected chi connectivity index (χ0v) is 15.1. The van der Waals surface area contributed by atoms with Crippen molar-refractivity contribution in [2.24, 2.45) is 0 Å². The Kier molecular flexibility index (Phi) is 6.02. The van der Waals surface area contributed by atoms with Crippen LogP contribution >= 0.6 is 0 Å². The summed E-state index contributed by atoms with van der Waals surface area (Å²) in [6.45, 7) is 1.18. The van der Waals surface area contributed by atoms with Crippen LogP contribution in [-0.2, 0) is 0 Å². The summed E-state index contributed by atoms with van der Waals surface area (Å²) in [5, 5.41) is 11.1. The van der Waals surface area contributed by atoms with Crippen molar-refractivity contribution < 1.29 is 22.8 Å². The van der Waals surface area contributed by atoms with Crippen LogP contribution in [0.1, 0.15) is 18.4 Å². The number of nitrogens with zero attached hydrogens (tertiary/aromatic N) is 3. The summed E-state index contributed by atoms with van der Waals surface area (Å²) in [6, 6.07) is 8.30. The van der Waals surface area contributed by atoms with Crippen LogP contribution in [0, 0.1) is 22.0 Å². The fraction of sp³-hybridized carbons (Fsp3) is 0.250. The number of halogens is 3. The molecule has 0 atom stereocenters. The summed E-state index contributed by atoms with van der Waals surface area (Å²) in [5.74, 6) is 5.85. The Morgan fingerprint density at radius 3 is 2.48 bits per heavy atom. The monoisotopic (exact) mass is 403 g/mol. The number of rotatable bonds is 3. The molecule has 0 spiro atoms. The predicted octanol–water partition coefficient (Wildman–Crippen LogP) is 4.47. The first-order valence-electron chi connectivity index (χ1n) is 8.71. The molecule has 2 heterocycles. The van der Waals surface area contributed by atoms with Gasteiger partial charge < -0.3 is 9.64 Å². The second-order valence-electron chi connectivity index (χ2n) is 6.23. The minimum atomic E-state index is -4.72. The van der Waals surface area contributed by atoms with Crippen molar-refractivity contribution in [3.8, 4) is 17.6 Å². The van der Waals surface area contributed by atoms with Crippen molar-refractivity contribution in [1.29, 1.82) is 0 Å². The van der Waals surface area contributed by atoms with Crippen molar-refractivity contribution >= 4 is 11.5 Å². The maximum Gasteiger partial charge on any atom is 0.573 e. The zero-order chi connectivity index (χ0) is 20.9. The summed E-state index contributed by atoms with van der Waals surface area (Å²) >= 11 is 0. The molecule has 9 heteroatoms. The maximum absolute atomic E-state index is 12.1. The van der Waals surface area contributed by atoms with Crippen LogP contribution in [0.15, 0.2) is 54.2 Å². The molecule has 0 saturated carbocycles. The van der Waals surface area contributed by atoms with E-state index in [1.165, 1.54) is 42.6 Å². The van der Waals surface area contributed by atoms with Crippen molar-refractivity contribution in [2.45, 2.75) is 19.2 Å². The smallest absolute Gasteiger partial charge is 0.406 e. The SMILES string of the molecule is O=[N+]([O-])c1cccnc1N1CCC(=CC#Cc2ccc(OC(F)(F)F)cc2)CC1. The van der Waals surface area contributed by atoms with Gasteiger partial charge in [0.2, 0.25) is 5.82 Å². The van der Waals surface area contributed by atoms with E-state index in [1.54, 1.807) is 6.08 Å². The molecular formula is C20H16F3N3O3. The van der Waals surface area contributed by atoms with E-state index in [2.05, 4.69) is 21.6 Å². The molecule has 1 aromatic heterocycles. The molecule has 0 amide bonds. The Hall–Kier alpha value is -3.54. The molecule has 1 saturated heterocycles. The van der Waals surface area contributed by atoms with Gasteiger partial charge in [0.05, 0.1) is 4.92 Å². The van der Waals surface area contributed by atoms with Gasteiger partial charge >= 0.3 is 12.0 Å². The molecule has 2 aromatic rings. The molecule has 1 fully saturated rings. The lowest BCUT2D eigenvalue weighted by atomic mass is 10.0. The summed E-state index contributed by atoms with van der Waals surface area (Å²) in [5.41, 5.74) is 1.65. The average molecular weight is 403 g/mol. The first-order valence-corrected chi connectivity index (χ1v) is 8.71. The molecule has 1 aliphatic rings. The van der Waals surface area contributed by atoms with Gasteiger partial charge in [-0.2, -0.15) is 0 Å². The van der Waals surface area contributed by atoms with E-state index in [1.807, 2.05) is 4.90 Å². The highest BCUT2D eigenvalue weighted by Gasteiger charge is 2.30. The molecule has 0 N–H and O–H groups in total. The second kappa shape index (κ2) is 8.65. The maximum atomic E-state index is 12.1. The van der Waals surface area contributed by atoms with E-state index >= 15 is 0 Å². The third-order valence-corrected chi connectivity index (χ3v) is 4.25. The molecule has 3 rings (SSSR count). The molecular weight excluding hydrogens is 387 g/mol. The number of piperidine rings is 1. The Labute approximate surface area is 164 Å². The lowest BCUT2D eigenvalue weighted by Gasteiger charge is -2.28. The lowest BCUT2D eigenvalue weighted by Crippen LogP contribution is -2.31. The minimum Gasteiger partial charge on any atom is -0.406 e. The van der Waals surface area contributed by atoms with Crippen LogP contribution in [0.5, 0.6) is 5.75 Å². The first kappa shape index (κ1) is 20.2. The van der Waals surface area contributed by atoms with Crippen LogP contribution in [-0.4, -0.2) is 29.4 Å². The normalized spacial score (nSPS) is 14.0. The van der Waals surface area contributed by atoms with E-state index in [0.717, 1.165) is 5.57 Å². The van der Waals surface area contributed by atoms with Gasteiger partial charge in [-0.25, -0.2) is 4.98 Å². The number of ether oxygens (including phenoxy) is 1. The minimum absolute atomic E-state index is 0.0160. The third kappa shape index (κ3) is 5.72. The number of alkyl halides is 3. The van der Waals surface area contributed by atoms with Gasteiger partial charge in [-0.1, -0.05) is 17.4 Å². The van der Waals surface area contributed by atoms with Crippen LogP contribution in [0.2, 0.25) is 0 Å². The number of anilines is 1. The Bertz CT molecular complexity index is 966. The molecule has 0 bridgehead atoms. The molecule has 0 unspecified atom stereocenters. The van der Waals surface area contributed by atoms with Gasteiger partial charge in [-0.05, 0) is 49.2 Å². The number of nitro groups is 1. The molecule has 29 heavy (non-hydrogen) atoms. The Morgan fingerprint density at radius 2 is 1.86 bits per heavy atom. The Balaban J connectivity index is 1.59. The molecule has 0 radical (unpaired) electrons. The largest absolute Gasteiger partial charge is 0.573 e. The summed E-state index contributed by atoms with van der Waals surface area (Å²) in [4.78, 5) is 16.7. The van der Waals surface area contributed by atoms with Crippen LogP contribution < -0.4 is 9.64 Å². The van der Waals surface area contributed by atoms with Crippen LogP contribution in [0.3, 0.4) is 0 Å². The number of benzene rings is 1. The number of hydrogen-bond acceptors (Lipinski definition) is 5. The summed E-state index contributed by atoms with van der Waals surface area (Å²) in [7, 11) is 0. The van der Waals surface area contributed by atoms with Crippen molar-refractivity contribution in [3.05, 3.63) is 69.9 Å². The van der Waals surface area contributed by atoms with Gasteiger partial charge in [-0.15, -0.1) is 13.2 Å². The van der Waals surface area contributed by atoms with E-state index in [-0.39, 0.29) is 11.4 Å². The fourth-order valence-corrected chi connectivity index (χ4v) is 2.89. The van der Waals surface area contributed by atoms with Crippen LogP contribution in [0.4, 0.5) is 24.7 Å². The van der Waals surface area contributed by atoms with Gasteiger partial charge in [0.15, 0.2) is 0 Å². The molecule has 0 aliphatic carbocycles. The highest BCUT2D eigenvalue weighted by atomic mass is 19.4.